The van der Waals surface area contributed by atoms with Crippen LogP contribution in [0.4, 0.5) is 0 Å². The number of aryl methyl sites for hydroxylation is 1. The van der Waals surface area contributed by atoms with Crippen LogP contribution in [0.15, 0.2) is 72.9 Å². The van der Waals surface area contributed by atoms with Crippen molar-refractivity contribution in [1.29, 1.82) is 0 Å². The maximum absolute atomic E-state index is 12.3. The standard InChI is InChI=1S/C22H21NO3/c1-2-19-13-20(22(24)26-16-18-11-7-4-8-12-18)14-23-21(19)25-15-17-9-5-3-6-10-17/h3-14H,2,15-16H2,1H3. The van der Waals surface area contributed by atoms with Gasteiger partial charge in [0.2, 0.25) is 5.88 Å². The first-order chi connectivity index (χ1) is 12.8. The lowest BCUT2D eigenvalue weighted by Crippen LogP contribution is -2.08. The Bertz CT molecular complexity index is 848. The maximum Gasteiger partial charge on any atom is 0.340 e. The fourth-order valence-electron chi connectivity index (χ4n) is 2.53. The average Bonchev–Trinajstić information content (AvgIpc) is 2.72. The summed E-state index contributed by atoms with van der Waals surface area (Å²) in [6, 6.07) is 21.3. The molecule has 2 aromatic carbocycles. The molecule has 0 aliphatic carbocycles. The zero-order chi connectivity index (χ0) is 18.2. The van der Waals surface area contributed by atoms with Gasteiger partial charge in [-0.3, -0.25) is 0 Å². The van der Waals surface area contributed by atoms with Gasteiger partial charge in [-0.15, -0.1) is 0 Å². The summed E-state index contributed by atoms with van der Waals surface area (Å²) in [5.41, 5.74) is 3.34. The molecular formula is C22H21NO3. The number of carbonyl (C=O) groups is 1. The molecule has 0 bridgehead atoms. The van der Waals surface area contributed by atoms with Crippen LogP contribution >= 0.6 is 0 Å². The van der Waals surface area contributed by atoms with E-state index in [-0.39, 0.29) is 12.6 Å². The Morgan fingerprint density at radius 3 is 2.15 bits per heavy atom. The number of hydrogen-bond donors (Lipinski definition) is 0. The summed E-state index contributed by atoms with van der Waals surface area (Å²) in [7, 11) is 0. The molecule has 26 heavy (non-hydrogen) atoms. The van der Waals surface area contributed by atoms with E-state index in [0.717, 1.165) is 23.1 Å². The second-order valence-corrected chi connectivity index (χ2v) is 5.88. The van der Waals surface area contributed by atoms with Crippen molar-refractivity contribution in [1.82, 2.24) is 4.98 Å². The molecule has 0 amide bonds. The Morgan fingerprint density at radius 2 is 1.54 bits per heavy atom. The van der Waals surface area contributed by atoms with E-state index in [1.54, 1.807) is 6.07 Å². The fraction of sp³-hybridized carbons (Fsp3) is 0.182. The van der Waals surface area contributed by atoms with Gasteiger partial charge in [-0.05, 0) is 23.6 Å². The number of rotatable bonds is 7. The zero-order valence-corrected chi connectivity index (χ0v) is 14.7. The van der Waals surface area contributed by atoms with Gasteiger partial charge >= 0.3 is 5.97 Å². The van der Waals surface area contributed by atoms with Crippen molar-refractivity contribution in [3.05, 3.63) is 95.2 Å². The van der Waals surface area contributed by atoms with Crippen LogP contribution in [0.2, 0.25) is 0 Å². The molecule has 0 radical (unpaired) electrons. The molecule has 0 saturated heterocycles. The number of benzene rings is 2. The number of carbonyl (C=O) groups excluding carboxylic acids is 1. The molecule has 0 unspecified atom stereocenters. The zero-order valence-electron chi connectivity index (χ0n) is 14.7. The number of hydrogen-bond acceptors (Lipinski definition) is 4. The summed E-state index contributed by atoms with van der Waals surface area (Å²) in [5, 5.41) is 0. The van der Waals surface area contributed by atoms with E-state index >= 15 is 0 Å². The first kappa shape index (κ1) is 17.7. The Kier molecular flexibility index (Phi) is 5.99. The molecule has 4 heteroatoms. The molecule has 1 heterocycles. The molecule has 4 nitrogen and oxygen atoms in total. The highest BCUT2D eigenvalue weighted by Crippen LogP contribution is 2.19. The van der Waals surface area contributed by atoms with Crippen LogP contribution in [0.3, 0.4) is 0 Å². The van der Waals surface area contributed by atoms with Crippen molar-refractivity contribution in [3.8, 4) is 5.88 Å². The number of pyridine rings is 1. The molecule has 0 aliphatic heterocycles. The molecule has 0 N–H and O–H groups in total. The molecule has 0 aliphatic rings. The summed E-state index contributed by atoms with van der Waals surface area (Å²) >= 11 is 0. The van der Waals surface area contributed by atoms with Crippen LogP contribution in [0.5, 0.6) is 5.88 Å². The summed E-state index contributed by atoms with van der Waals surface area (Å²) < 4.78 is 11.2. The van der Waals surface area contributed by atoms with Gasteiger partial charge in [0.25, 0.3) is 0 Å². The van der Waals surface area contributed by atoms with Gasteiger partial charge in [-0.25, -0.2) is 9.78 Å². The quantitative estimate of drug-likeness (QED) is 0.587. The van der Waals surface area contributed by atoms with Gasteiger partial charge in [0, 0.05) is 11.8 Å². The molecule has 1 aromatic heterocycles. The van der Waals surface area contributed by atoms with E-state index < -0.39 is 0 Å². The highest BCUT2D eigenvalue weighted by Gasteiger charge is 2.13. The van der Waals surface area contributed by atoms with Gasteiger partial charge < -0.3 is 9.47 Å². The van der Waals surface area contributed by atoms with Gasteiger partial charge in [-0.1, -0.05) is 67.6 Å². The molecule has 3 aromatic rings. The summed E-state index contributed by atoms with van der Waals surface area (Å²) in [6.07, 6.45) is 2.23. The van der Waals surface area contributed by atoms with Crippen molar-refractivity contribution in [2.75, 3.05) is 0 Å². The Balaban J connectivity index is 1.64. The first-order valence-electron chi connectivity index (χ1n) is 8.63. The molecule has 3 rings (SSSR count). The van der Waals surface area contributed by atoms with Crippen LogP contribution in [0, 0.1) is 0 Å². The van der Waals surface area contributed by atoms with Crippen molar-refractivity contribution >= 4 is 5.97 Å². The van der Waals surface area contributed by atoms with Crippen LogP contribution < -0.4 is 4.74 Å². The van der Waals surface area contributed by atoms with Crippen LogP contribution in [-0.4, -0.2) is 11.0 Å². The largest absolute Gasteiger partial charge is 0.473 e. The van der Waals surface area contributed by atoms with Crippen molar-refractivity contribution in [2.45, 2.75) is 26.6 Å². The van der Waals surface area contributed by atoms with Gasteiger partial charge in [0.05, 0.1) is 5.56 Å². The number of aromatic nitrogens is 1. The average molecular weight is 347 g/mol. The lowest BCUT2D eigenvalue weighted by Gasteiger charge is -2.11. The number of esters is 1. The third kappa shape index (κ3) is 4.70. The summed E-state index contributed by atoms with van der Waals surface area (Å²) in [5.74, 6) is 0.168. The van der Waals surface area contributed by atoms with E-state index in [4.69, 9.17) is 9.47 Å². The van der Waals surface area contributed by atoms with E-state index in [1.165, 1.54) is 6.20 Å². The summed E-state index contributed by atoms with van der Waals surface area (Å²) in [4.78, 5) is 16.6. The van der Waals surface area contributed by atoms with E-state index in [2.05, 4.69) is 4.98 Å². The van der Waals surface area contributed by atoms with E-state index in [9.17, 15) is 4.79 Å². The number of nitrogens with zero attached hydrogens (tertiary/aromatic N) is 1. The SMILES string of the molecule is CCc1cc(C(=O)OCc2ccccc2)cnc1OCc1ccccc1. The van der Waals surface area contributed by atoms with Crippen LogP contribution in [0.1, 0.15) is 34.0 Å². The van der Waals surface area contributed by atoms with Crippen LogP contribution in [0.25, 0.3) is 0 Å². The lowest BCUT2D eigenvalue weighted by molar-refractivity contribution is 0.0472. The second-order valence-electron chi connectivity index (χ2n) is 5.88. The molecular weight excluding hydrogens is 326 g/mol. The van der Waals surface area contributed by atoms with Gasteiger partial charge in [0.15, 0.2) is 0 Å². The summed E-state index contributed by atoms with van der Waals surface area (Å²) in [6.45, 7) is 2.69. The van der Waals surface area contributed by atoms with E-state index in [0.29, 0.717) is 18.1 Å². The molecule has 0 saturated carbocycles. The third-order valence-electron chi connectivity index (χ3n) is 3.97. The fourth-order valence-corrected chi connectivity index (χ4v) is 2.53. The molecule has 0 spiro atoms. The predicted octanol–water partition coefficient (Wildman–Crippen LogP) is 4.58. The minimum absolute atomic E-state index is 0.243. The predicted molar refractivity (Wildman–Crippen MR) is 100.0 cm³/mol. The van der Waals surface area contributed by atoms with Crippen molar-refractivity contribution in [2.24, 2.45) is 0 Å². The van der Waals surface area contributed by atoms with Crippen molar-refractivity contribution < 1.29 is 14.3 Å². The maximum atomic E-state index is 12.3. The number of ether oxygens (including phenoxy) is 2. The Hall–Kier alpha value is -3.14. The third-order valence-corrected chi connectivity index (χ3v) is 3.97. The second kappa shape index (κ2) is 8.81. The van der Waals surface area contributed by atoms with Crippen molar-refractivity contribution in [3.63, 3.8) is 0 Å². The molecule has 0 fully saturated rings. The first-order valence-corrected chi connectivity index (χ1v) is 8.63. The van der Waals surface area contributed by atoms with E-state index in [1.807, 2.05) is 67.6 Å². The van der Waals surface area contributed by atoms with Gasteiger partial charge in [0.1, 0.15) is 13.2 Å². The highest BCUT2D eigenvalue weighted by atomic mass is 16.5. The highest BCUT2D eigenvalue weighted by molar-refractivity contribution is 5.89. The minimum Gasteiger partial charge on any atom is -0.473 e. The topological polar surface area (TPSA) is 48.4 Å². The Labute approximate surface area is 153 Å². The van der Waals surface area contributed by atoms with Crippen LogP contribution in [-0.2, 0) is 24.4 Å². The molecule has 132 valence electrons. The monoisotopic (exact) mass is 347 g/mol. The van der Waals surface area contributed by atoms with Gasteiger partial charge in [-0.2, -0.15) is 0 Å². The normalized spacial score (nSPS) is 10.3. The minimum atomic E-state index is -0.384. The lowest BCUT2D eigenvalue weighted by atomic mass is 10.1. The molecule has 0 atom stereocenters. The Morgan fingerprint density at radius 1 is 0.923 bits per heavy atom. The smallest absolute Gasteiger partial charge is 0.340 e.